The van der Waals surface area contributed by atoms with Crippen LogP contribution in [0.4, 0.5) is 5.00 Å². The molecule has 5 nitrogen and oxygen atoms in total. The van der Waals surface area contributed by atoms with Crippen molar-refractivity contribution in [2.75, 3.05) is 18.4 Å². The van der Waals surface area contributed by atoms with Gasteiger partial charge in [0.2, 0.25) is 5.91 Å². The quantitative estimate of drug-likeness (QED) is 0.729. The van der Waals surface area contributed by atoms with Gasteiger partial charge in [0.25, 0.3) is 5.91 Å². The zero-order valence-electron chi connectivity index (χ0n) is 15.8. The second kappa shape index (κ2) is 9.15. The number of nitrogens with zero attached hydrogens (tertiary/aromatic N) is 1. The summed E-state index contributed by atoms with van der Waals surface area (Å²) >= 11 is 1.51. The van der Waals surface area contributed by atoms with Gasteiger partial charge in [0, 0.05) is 11.4 Å². The molecule has 1 aliphatic rings. The summed E-state index contributed by atoms with van der Waals surface area (Å²) in [6, 6.07) is 10.1. The van der Waals surface area contributed by atoms with Gasteiger partial charge in [0.1, 0.15) is 5.00 Å². The zero-order chi connectivity index (χ0) is 19.2. The average Bonchev–Trinajstić information content (AvgIpc) is 3.00. The van der Waals surface area contributed by atoms with E-state index in [1.165, 1.54) is 21.8 Å². The first-order chi connectivity index (χ1) is 13.1. The van der Waals surface area contributed by atoms with Crippen molar-refractivity contribution in [1.82, 2.24) is 4.90 Å². The third-order valence-corrected chi connectivity index (χ3v) is 6.03. The Morgan fingerprint density at radius 3 is 2.63 bits per heavy atom. The molecule has 0 saturated heterocycles. The van der Waals surface area contributed by atoms with Crippen LogP contribution in [0.2, 0.25) is 0 Å². The molecule has 144 valence electrons. The number of amides is 2. The standard InChI is InChI=1S/C21H27N3O2S/c1-2-12-24(13-15-8-4-3-5-9-15)14-18(25)23-21-19(20(22)26)16-10-6-7-11-17(16)27-21/h3-5,8-9H,2,6-7,10-14H2,1H3,(H2,22,26)(H,23,25). The molecule has 1 aliphatic carbocycles. The molecular weight excluding hydrogens is 358 g/mol. The Kier molecular flexibility index (Phi) is 6.63. The van der Waals surface area contributed by atoms with E-state index in [1.807, 2.05) is 18.2 Å². The van der Waals surface area contributed by atoms with Gasteiger partial charge in [-0.2, -0.15) is 0 Å². The Labute approximate surface area is 164 Å². The topological polar surface area (TPSA) is 75.4 Å². The highest BCUT2D eigenvalue weighted by atomic mass is 32.1. The summed E-state index contributed by atoms with van der Waals surface area (Å²) in [4.78, 5) is 28.0. The molecule has 0 fully saturated rings. The molecular formula is C21H27N3O2S. The monoisotopic (exact) mass is 385 g/mol. The van der Waals surface area contributed by atoms with Crippen LogP contribution in [-0.2, 0) is 24.2 Å². The SMILES string of the molecule is CCCN(CC(=O)Nc1sc2c(c1C(N)=O)CCCC2)Cc1ccccc1. The molecule has 6 heteroatoms. The Balaban J connectivity index is 1.70. The summed E-state index contributed by atoms with van der Waals surface area (Å²) in [5.41, 5.74) is 8.37. The van der Waals surface area contributed by atoms with E-state index in [-0.39, 0.29) is 5.91 Å². The summed E-state index contributed by atoms with van der Waals surface area (Å²) < 4.78 is 0. The highest BCUT2D eigenvalue weighted by Crippen LogP contribution is 2.37. The number of nitrogens with one attached hydrogen (secondary N) is 1. The van der Waals surface area contributed by atoms with Gasteiger partial charge in [-0.3, -0.25) is 14.5 Å². The van der Waals surface area contributed by atoms with E-state index in [2.05, 4.69) is 29.3 Å². The van der Waals surface area contributed by atoms with Crippen molar-refractivity contribution in [3.05, 3.63) is 51.9 Å². The predicted octanol–water partition coefficient (Wildman–Crippen LogP) is 3.58. The fourth-order valence-electron chi connectivity index (χ4n) is 3.66. The molecule has 1 aromatic heterocycles. The van der Waals surface area contributed by atoms with Gasteiger partial charge in [-0.05, 0) is 49.8 Å². The lowest BCUT2D eigenvalue weighted by molar-refractivity contribution is -0.117. The first kappa shape index (κ1) is 19.6. The number of rotatable bonds is 8. The van der Waals surface area contributed by atoms with Gasteiger partial charge in [0.05, 0.1) is 12.1 Å². The smallest absolute Gasteiger partial charge is 0.251 e. The first-order valence-corrected chi connectivity index (χ1v) is 10.4. The van der Waals surface area contributed by atoms with Crippen LogP contribution in [0.25, 0.3) is 0 Å². The molecule has 2 aromatic rings. The summed E-state index contributed by atoms with van der Waals surface area (Å²) in [5, 5.41) is 3.58. The minimum absolute atomic E-state index is 0.0968. The van der Waals surface area contributed by atoms with Crippen LogP contribution in [0.5, 0.6) is 0 Å². The zero-order valence-corrected chi connectivity index (χ0v) is 16.6. The number of benzene rings is 1. The maximum atomic E-state index is 12.7. The Bertz CT molecular complexity index is 801. The Hall–Kier alpha value is -2.18. The molecule has 0 unspecified atom stereocenters. The van der Waals surface area contributed by atoms with Crippen molar-refractivity contribution in [3.63, 3.8) is 0 Å². The van der Waals surface area contributed by atoms with Crippen LogP contribution in [0, 0.1) is 0 Å². The van der Waals surface area contributed by atoms with E-state index in [9.17, 15) is 9.59 Å². The van der Waals surface area contributed by atoms with E-state index in [4.69, 9.17) is 5.73 Å². The number of carbonyl (C=O) groups excluding carboxylic acids is 2. The highest BCUT2D eigenvalue weighted by molar-refractivity contribution is 7.17. The van der Waals surface area contributed by atoms with Crippen molar-refractivity contribution in [3.8, 4) is 0 Å². The van der Waals surface area contributed by atoms with Gasteiger partial charge in [-0.25, -0.2) is 0 Å². The predicted molar refractivity (Wildman–Crippen MR) is 110 cm³/mol. The second-order valence-corrected chi connectivity index (χ2v) is 8.13. The number of aryl methyl sites for hydroxylation is 1. The van der Waals surface area contributed by atoms with E-state index >= 15 is 0 Å². The lowest BCUT2D eigenvalue weighted by Crippen LogP contribution is -2.33. The minimum Gasteiger partial charge on any atom is -0.365 e. The van der Waals surface area contributed by atoms with Crippen LogP contribution in [0.1, 0.15) is 52.5 Å². The van der Waals surface area contributed by atoms with Crippen LogP contribution >= 0.6 is 11.3 Å². The van der Waals surface area contributed by atoms with E-state index < -0.39 is 5.91 Å². The molecule has 0 spiro atoms. The molecule has 3 rings (SSSR count). The fraction of sp³-hybridized carbons (Fsp3) is 0.429. The molecule has 0 bridgehead atoms. The molecule has 0 atom stereocenters. The van der Waals surface area contributed by atoms with Crippen LogP contribution < -0.4 is 11.1 Å². The van der Waals surface area contributed by atoms with Crippen molar-refractivity contribution in [1.29, 1.82) is 0 Å². The number of primary amides is 1. The number of nitrogens with two attached hydrogens (primary N) is 1. The maximum Gasteiger partial charge on any atom is 0.251 e. The van der Waals surface area contributed by atoms with E-state index in [0.717, 1.165) is 50.8 Å². The summed E-state index contributed by atoms with van der Waals surface area (Å²) in [5.74, 6) is -0.542. The molecule has 1 heterocycles. The number of carbonyl (C=O) groups is 2. The Morgan fingerprint density at radius 2 is 1.93 bits per heavy atom. The largest absolute Gasteiger partial charge is 0.365 e. The molecule has 3 N–H and O–H groups in total. The number of fused-ring (bicyclic) bond motifs is 1. The van der Waals surface area contributed by atoms with Crippen molar-refractivity contribution in [2.45, 2.75) is 45.6 Å². The molecule has 0 radical (unpaired) electrons. The molecule has 2 amide bonds. The first-order valence-electron chi connectivity index (χ1n) is 9.59. The van der Waals surface area contributed by atoms with Gasteiger partial charge >= 0.3 is 0 Å². The number of hydrogen-bond donors (Lipinski definition) is 2. The third kappa shape index (κ3) is 4.96. The number of anilines is 1. The number of thiophene rings is 1. The van der Waals surface area contributed by atoms with E-state index in [1.54, 1.807) is 0 Å². The molecule has 1 aromatic carbocycles. The van der Waals surface area contributed by atoms with Gasteiger partial charge in [0.15, 0.2) is 0 Å². The Morgan fingerprint density at radius 1 is 1.19 bits per heavy atom. The fourth-order valence-corrected chi connectivity index (χ4v) is 4.97. The average molecular weight is 386 g/mol. The van der Waals surface area contributed by atoms with Gasteiger partial charge in [-0.1, -0.05) is 37.3 Å². The van der Waals surface area contributed by atoms with Crippen LogP contribution in [0.3, 0.4) is 0 Å². The van der Waals surface area contributed by atoms with Crippen LogP contribution in [0.15, 0.2) is 30.3 Å². The lowest BCUT2D eigenvalue weighted by atomic mass is 9.95. The highest BCUT2D eigenvalue weighted by Gasteiger charge is 2.25. The molecule has 0 saturated carbocycles. The third-order valence-electron chi connectivity index (χ3n) is 4.83. The lowest BCUT2D eigenvalue weighted by Gasteiger charge is -2.21. The number of hydrogen-bond acceptors (Lipinski definition) is 4. The molecule has 27 heavy (non-hydrogen) atoms. The van der Waals surface area contributed by atoms with Gasteiger partial charge < -0.3 is 11.1 Å². The van der Waals surface area contributed by atoms with Crippen LogP contribution in [-0.4, -0.2) is 29.8 Å². The van der Waals surface area contributed by atoms with E-state index in [0.29, 0.717) is 17.1 Å². The molecule has 0 aliphatic heterocycles. The maximum absolute atomic E-state index is 12.7. The van der Waals surface area contributed by atoms with Crippen molar-refractivity contribution < 1.29 is 9.59 Å². The summed E-state index contributed by atoms with van der Waals surface area (Å²) in [6.45, 7) is 3.97. The summed E-state index contributed by atoms with van der Waals surface area (Å²) in [7, 11) is 0. The van der Waals surface area contributed by atoms with Crippen molar-refractivity contribution >= 4 is 28.2 Å². The minimum atomic E-state index is -0.445. The van der Waals surface area contributed by atoms with Gasteiger partial charge in [-0.15, -0.1) is 11.3 Å². The van der Waals surface area contributed by atoms with Crippen molar-refractivity contribution in [2.24, 2.45) is 5.73 Å². The second-order valence-electron chi connectivity index (χ2n) is 7.02. The normalized spacial score (nSPS) is 13.4. The summed E-state index contributed by atoms with van der Waals surface area (Å²) in [6.07, 6.45) is 5.00.